The number of hydrogen-bond acceptors (Lipinski definition) is 4. The number of rotatable bonds is 4. The Morgan fingerprint density at radius 2 is 1.92 bits per heavy atom. The van der Waals surface area contributed by atoms with E-state index in [1.54, 1.807) is 36.2 Å². The number of benzodiazepines with no additional fused rings is 1. The maximum atomic E-state index is 13.7. The molecule has 5 rings (SSSR count). The summed E-state index contributed by atoms with van der Waals surface area (Å²) in [6, 6.07) is 14.7. The van der Waals surface area contributed by atoms with Gasteiger partial charge in [0.25, 0.3) is 5.91 Å². The van der Waals surface area contributed by atoms with Crippen LogP contribution >= 0.6 is 35.4 Å². The Morgan fingerprint density at radius 3 is 2.66 bits per heavy atom. The second kappa shape index (κ2) is 11.2. The van der Waals surface area contributed by atoms with Gasteiger partial charge in [-0.1, -0.05) is 59.6 Å². The van der Waals surface area contributed by atoms with Crippen molar-refractivity contribution in [2.75, 3.05) is 16.8 Å². The first-order valence-corrected chi connectivity index (χ1v) is 13.4. The van der Waals surface area contributed by atoms with Gasteiger partial charge in [-0.15, -0.1) is 0 Å². The zero-order chi connectivity index (χ0) is 26.8. The van der Waals surface area contributed by atoms with E-state index in [9.17, 15) is 9.90 Å². The van der Waals surface area contributed by atoms with Crippen molar-refractivity contribution in [3.63, 3.8) is 0 Å². The van der Waals surface area contributed by atoms with E-state index in [0.717, 1.165) is 24.1 Å². The van der Waals surface area contributed by atoms with Crippen LogP contribution < -0.4 is 15.1 Å². The van der Waals surface area contributed by atoms with Crippen molar-refractivity contribution in [2.24, 2.45) is 4.99 Å². The number of aliphatic hydroxyl groups is 1. The molecule has 2 aromatic carbocycles. The van der Waals surface area contributed by atoms with Gasteiger partial charge < -0.3 is 20.2 Å². The van der Waals surface area contributed by atoms with E-state index in [1.165, 1.54) is 0 Å². The summed E-state index contributed by atoms with van der Waals surface area (Å²) < 4.78 is 0. The molecule has 2 unspecified atom stereocenters. The number of carbonyl (C=O) groups excluding carboxylic acids is 1. The fourth-order valence-corrected chi connectivity index (χ4v) is 5.57. The predicted octanol–water partition coefficient (Wildman–Crippen LogP) is 6.43. The van der Waals surface area contributed by atoms with Crippen molar-refractivity contribution >= 4 is 63.5 Å². The molecule has 0 aromatic heterocycles. The Hall–Kier alpha value is -3.39. The molecule has 1 amide bonds. The zero-order valence-electron chi connectivity index (χ0n) is 20.6. The number of aliphatic hydroxyl groups excluding tert-OH is 1. The number of nitrogens with one attached hydrogen (secondary N) is 1. The summed E-state index contributed by atoms with van der Waals surface area (Å²) in [7, 11) is 1.71. The van der Waals surface area contributed by atoms with E-state index >= 15 is 0 Å². The first-order valence-electron chi connectivity index (χ1n) is 12.3. The minimum Gasteiger partial charge on any atom is -0.508 e. The lowest BCUT2D eigenvalue weighted by Crippen LogP contribution is -2.53. The Bertz CT molecular complexity index is 1430. The first-order chi connectivity index (χ1) is 18.3. The number of nitrogens with zero attached hydrogens (tertiary/aromatic N) is 3. The molecule has 2 N–H and O–H groups in total. The van der Waals surface area contributed by atoms with Gasteiger partial charge in [0.1, 0.15) is 5.76 Å². The average Bonchev–Trinajstić information content (AvgIpc) is 3.00. The summed E-state index contributed by atoms with van der Waals surface area (Å²) in [5.41, 5.74) is 3.55. The largest absolute Gasteiger partial charge is 0.508 e. The maximum Gasteiger partial charge on any atom is 0.272 e. The number of amides is 1. The Kier molecular flexibility index (Phi) is 7.70. The van der Waals surface area contributed by atoms with Gasteiger partial charge >= 0.3 is 0 Å². The standard InChI is InChI=1S/C29H26Cl2N4O2S/c1-34-25-15-14-18(30)16-23(25)26(22-12-5-6-13-24(22)31)32-27(28(34)37)33-29(38)35(19-8-3-2-4-9-19)20-10-7-11-21(36)17-20/h2-4,7-9,11-17,20,27,36H,5-6,10H2,1H3,(H,33,38). The van der Waals surface area contributed by atoms with Crippen molar-refractivity contribution < 1.29 is 9.90 Å². The second-order valence-corrected chi connectivity index (χ2v) is 10.4. The van der Waals surface area contributed by atoms with Gasteiger partial charge in [0.2, 0.25) is 6.17 Å². The van der Waals surface area contributed by atoms with Gasteiger partial charge in [-0.3, -0.25) is 4.79 Å². The van der Waals surface area contributed by atoms with Crippen molar-refractivity contribution in [2.45, 2.75) is 31.5 Å². The second-order valence-electron chi connectivity index (χ2n) is 9.14. The van der Waals surface area contributed by atoms with Crippen molar-refractivity contribution in [1.82, 2.24) is 5.32 Å². The molecule has 0 saturated heterocycles. The molecule has 194 valence electrons. The molecule has 0 fully saturated rings. The number of carbonyl (C=O) groups is 1. The molecule has 6 nitrogen and oxygen atoms in total. The van der Waals surface area contributed by atoms with Crippen LogP contribution in [-0.4, -0.2) is 41.1 Å². The topological polar surface area (TPSA) is 68.2 Å². The fraction of sp³-hybridized carbons (Fsp3) is 0.207. The number of benzene rings is 2. The lowest BCUT2D eigenvalue weighted by atomic mass is 9.96. The highest BCUT2D eigenvalue weighted by Gasteiger charge is 2.34. The van der Waals surface area contributed by atoms with Crippen LogP contribution in [0.1, 0.15) is 24.8 Å². The number of allylic oxidation sites excluding steroid dienone is 5. The normalized spacial score (nSPS) is 20.9. The number of para-hydroxylation sites is 1. The van der Waals surface area contributed by atoms with Crippen LogP contribution in [0.5, 0.6) is 0 Å². The van der Waals surface area contributed by atoms with Crippen LogP contribution in [-0.2, 0) is 4.79 Å². The highest BCUT2D eigenvalue weighted by atomic mass is 35.5. The maximum absolute atomic E-state index is 13.7. The molecule has 3 aliphatic rings. The average molecular weight is 566 g/mol. The monoisotopic (exact) mass is 564 g/mol. The van der Waals surface area contributed by atoms with Gasteiger partial charge in [0.15, 0.2) is 5.11 Å². The Morgan fingerprint density at radius 1 is 1.16 bits per heavy atom. The number of thiocarbonyl (C=S) groups is 1. The lowest BCUT2D eigenvalue weighted by molar-refractivity contribution is -0.119. The third-order valence-corrected chi connectivity index (χ3v) is 7.53. The first kappa shape index (κ1) is 26.2. The number of hydrogen-bond donors (Lipinski definition) is 2. The lowest BCUT2D eigenvalue weighted by Gasteiger charge is -2.34. The van der Waals surface area contributed by atoms with Gasteiger partial charge in [0.05, 0.1) is 17.4 Å². The number of fused-ring (bicyclic) bond motifs is 1. The summed E-state index contributed by atoms with van der Waals surface area (Å²) in [5, 5.41) is 14.8. The molecule has 38 heavy (non-hydrogen) atoms. The van der Waals surface area contributed by atoms with Crippen LogP contribution in [0.25, 0.3) is 0 Å². The molecule has 0 spiro atoms. The van der Waals surface area contributed by atoms with Crippen LogP contribution in [0, 0.1) is 0 Å². The van der Waals surface area contributed by atoms with Gasteiger partial charge in [0, 0.05) is 33.9 Å². The zero-order valence-corrected chi connectivity index (χ0v) is 23.0. The van der Waals surface area contributed by atoms with E-state index in [0.29, 0.717) is 38.6 Å². The van der Waals surface area contributed by atoms with Gasteiger partial charge in [-0.05, 0) is 74.0 Å². The molecular weight excluding hydrogens is 539 g/mol. The van der Waals surface area contributed by atoms with E-state index in [1.807, 2.05) is 59.5 Å². The quantitative estimate of drug-likeness (QED) is 0.419. The van der Waals surface area contributed by atoms with Crippen LogP contribution in [0.4, 0.5) is 11.4 Å². The van der Waals surface area contributed by atoms with E-state index in [4.69, 9.17) is 40.4 Å². The fourth-order valence-electron chi connectivity index (χ4n) is 4.77. The number of halogens is 2. The highest BCUT2D eigenvalue weighted by molar-refractivity contribution is 7.80. The number of likely N-dealkylation sites (N-methyl/N-ethyl adjacent to an activating group) is 1. The predicted molar refractivity (Wildman–Crippen MR) is 159 cm³/mol. The summed E-state index contributed by atoms with van der Waals surface area (Å²) in [5.74, 6) is -0.120. The van der Waals surface area contributed by atoms with E-state index in [2.05, 4.69) is 5.32 Å². The molecule has 9 heteroatoms. The van der Waals surface area contributed by atoms with Gasteiger partial charge in [-0.25, -0.2) is 4.99 Å². The molecule has 2 aromatic rings. The molecule has 1 aliphatic heterocycles. The van der Waals surface area contributed by atoms with Crippen molar-refractivity contribution in [1.29, 1.82) is 0 Å². The summed E-state index contributed by atoms with van der Waals surface area (Å²) in [6.45, 7) is 0. The minimum absolute atomic E-state index is 0.161. The Balaban J connectivity index is 1.56. The minimum atomic E-state index is -1.02. The number of aliphatic imine (C=N–C) groups is 1. The molecule has 0 radical (unpaired) electrons. The third kappa shape index (κ3) is 5.27. The Labute approximate surface area is 237 Å². The van der Waals surface area contributed by atoms with Crippen LogP contribution in [0.3, 0.4) is 0 Å². The van der Waals surface area contributed by atoms with Crippen LogP contribution in [0.15, 0.2) is 100 Å². The third-order valence-electron chi connectivity index (χ3n) is 6.62. The smallest absolute Gasteiger partial charge is 0.272 e. The molecule has 2 aliphatic carbocycles. The number of anilines is 2. The summed E-state index contributed by atoms with van der Waals surface area (Å²) in [4.78, 5) is 22.1. The molecule has 1 heterocycles. The summed E-state index contributed by atoms with van der Waals surface area (Å²) >= 11 is 18.9. The molecular formula is C29H26Cl2N4O2S. The highest BCUT2D eigenvalue weighted by Crippen LogP contribution is 2.34. The summed E-state index contributed by atoms with van der Waals surface area (Å²) in [6.07, 6.45) is 10.5. The molecule has 0 saturated carbocycles. The molecule has 2 atom stereocenters. The van der Waals surface area contributed by atoms with Crippen molar-refractivity contribution in [3.8, 4) is 0 Å². The van der Waals surface area contributed by atoms with Gasteiger partial charge in [-0.2, -0.15) is 0 Å². The van der Waals surface area contributed by atoms with E-state index in [-0.39, 0.29) is 17.7 Å². The van der Waals surface area contributed by atoms with Crippen LogP contribution in [0.2, 0.25) is 5.02 Å². The van der Waals surface area contributed by atoms with E-state index < -0.39 is 6.17 Å². The molecule has 0 bridgehead atoms. The SMILES string of the molecule is CN1C(=O)C(NC(=S)N(c2ccccc2)C2C=C(O)C=CC2)N=C(C2=CCCC=C2Cl)c2cc(Cl)ccc21. The van der Waals surface area contributed by atoms with Crippen molar-refractivity contribution in [3.05, 3.63) is 106 Å².